The normalized spacial score (nSPS) is 25.3. The van der Waals surface area contributed by atoms with Crippen molar-refractivity contribution in [2.45, 2.75) is 66.0 Å². The van der Waals surface area contributed by atoms with Gasteiger partial charge >= 0.3 is 0 Å². The summed E-state index contributed by atoms with van der Waals surface area (Å²) in [6.07, 6.45) is 3.18. The number of nitrogens with one attached hydrogen (secondary N) is 1. The summed E-state index contributed by atoms with van der Waals surface area (Å²) in [4.78, 5) is 26.1. The first kappa shape index (κ1) is 15.0. The molecule has 4 nitrogen and oxygen atoms in total. The topological polar surface area (TPSA) is 49.4 Å². The molecule has 1 rings (SSSR count). The molecule has 0 radical (unpaired) electrons. The Morgan fingerprint density at radius 3 is 2.33 bits per heavy atom. The Balaban J connectivity index is 2.87. The van der Waals surface area contributed by atoms with Gasteiger partial charge in [0.2, 0.25) is 11.8 Å². The zero-order valence-corrected chi connectivity index (χ0v) is 12.2. The molecule has 2 unspecified atom stereocenters. The molecule has 2 atom stereocenters. The Morgan fingerprint density at radius 1 is 1.22 bits per heavy atom. The van der Waals surface area contributed by atoms with E-state index in [1.807, 2.05) is 20.8 Å². The molecule has 104 valence electrons. The van der Waals surface area contributed by atoms with Crippen LogP contribution in [0, 0.1) is 5.41 Å². The van der Waals surface area contributed by atoms with Crippen LogP contribution in [0.2, 0.25) is 0 Å². The smallest absolute Gasteiger partial charge is 0.245 e. The summed E-state index contributed by atoms with van der Waals surface area (Å²) in [7, 11) is 0. The van der Waals surface area contributed by atoms with Crippen molar-refractivity contribution in [2.75, 3.05) is 6.54 Å². The number of carbonyl (C=O) groups excluding carboxylic acids is 2. The molecule has 0 aromatic carbocycles. The van der Waals surface area contributed by atoms with Gasteiger partial charge in [-0.3, -0.25) is 9.59 Å². The molecule has 1 aliphatic rings. The number of piperazine rings is 1. The summed E-state index contributed by atoms with van der Waals surface area (Å²) in [6, 6.07) is -0.740. The number of unbranched alkanes of at least 4 members (excludes halogenated alkanes) is 2. The van der Waals surface area contributed by atoms with Crippen molar-refractivity contribution < 1.29 is 9.59 Å². The molecule has 4 heteroatoms. The van der Waals surface area contributed by atoms with E-state index in [0.29, 0.717) is 6.54 Å². The van der Waals surface area contributed by atoms with Gasteiger partial charge in [-0.15, -0.1) is 0 Å². The van der Waals surface area contributed by atoms with Crippen LogP contribution in [0.5, 0.6) is 0 Å². The lowest BCUT2D eigenvalue weighted by atomic mass is 9.83. The Kier molecular flexibility index (Phi) is 4.77. The maximum atomic E-state index is 12.2. The summed E-state index contributed by atoms with van der Waals surface area (Å²) < 4.78 is 0. The average molecular weight is 254 g/mol. The van der Waals surface area contributed by atoms with Gasteiger partial charge in [-0.2, -0.15) is 0 Å². The zero-order chi connectivity index (χ0) is 13.9. The van der Waals surface area contributed by atoms with Crippen LogP contribution in [0.25, 0.3) is 0 Å². The number of hydrogen-bond donors (Lipinski definition) is 1. The minimum atomic E-state index is -0.391. The molecule has 1 heterocycles. The SMILES string of the molecule is CCCCCN1C(=O)C(C)NC(=O)C1C(C)(C)C. The van der Waals surface area contributed by atoms with E-state index in [1.54, 1.807) is 11.8 Å². The fourth-order valence-electron chi connectivity index (χ4n) is 2.50. The van der Waals surface area contributed by atoms with E-state index in [4.69, 9.17) is 0 Å². The first-order chi connectivity index (χ1) is 8.29. The summed E-state index contributed by atoms with van der Waals surface area (Å²) in [6.45, 7) is 10.6. The Morgan fingerprint density at radius 2 is 1.83 bits per heavy atom. The average Bonchev–Trinajstić information content (AvgIpc) is 2.23. The maximum Gasteiger partial charge on any atom is 0.245 e. The standard InChI is InChI=1S/C14H26N2O2/c1-6-7-8-9-16-11(14(3,4)5)12(17)15-10(2)13(16)18/h10-11H,6-9H2,1-5H3,(H,15,17). The number of rotatable bonds is 4. The molecule has 0 saturated carbocycles. The number of carbonyl (C=O) groups is 2. The van der Waals surface area contributed by atoms with E-state index in [-0.39, 0.29) is 23.3 Å². The van der Waals surface area contributed by atoms with E-state index in [1.165, 1.54) is 0 Å². The maximum absolute atomic E-state index is 12.2. The summed E-state index contributed by atoms with van der Waals surface area (Å²) >= 11 is 0. The van der Waals surface area contributed by atoms with Gasteiger partial charge in [0.05, 0.1) is 0 Å². The highest BCUT2D eigenvalue weighted by molar-refractivity contribution is 5.97. The highest BCUT2D eigenvalue weighted by Crippen LogP contribution is 2.28. The highest BCUT2D eigenvalue weighted by atomic mass is 16.2. The molecule has 2 amide bonds. The van der Waals surface area contributed by atoms with Crippen LogP contribution in [-0.2, 0) is 9.59 Å². The summed E-state index contributed by atoms with van der Waals surface area (Å²) in [5.74, 6) is 0.0247. The second kappa shape index (κ2) is 5.72. The Hall–Kier alpha value is -1.06. The monoisotopic (exact) mass is 254 g/mol. The second-order valence-electron chi connectivity index (χ2n) is 6.24. The van der Waals surface area contributed by atoms with Gasteiger partial charge < -0.3 is 10.2 Å². The molecule has 1 fully saturated rings. The lowest BCUT2D eigenvalue weighted by Gasteiger charge is -2.44. The lowest BCUT2D eigenvalue weighted by molar-refractivity contribution is -0.153. The van der Waals surface area contributed by atoms with Crippen molar-refractivity contribution in [1.29, 1.82) is 0 Å². The molecule has 1 saturated heterocycles. The van der Waals surface area contributed by atoms with Crippen molar-refractivity contribution in [3.63, 3.8) is 0 Å². The van der Waals surface area contributed by atoms with Gasteiger partial charge in [-0.1, -0.05) is 40.5 Å². The molecule has 18 heavy (non-hydrogen) atoms. The van der Waals surface area contributed by atoms with E-state index < -0.39 is 6.04 Å². The van der Waals surface area contributed by atoms with Crippen molar-refractivity contribution in [1.82, 2.24) is 10.2 Å². The minimum Gasteiger partial charge on any atom is -0.343 e. The van der Waals surface area contributed by atoms with Crippen LogP contribution in [0.1, 0.15) is 53.9 Å². The first-order valence-electron chi connectivity index (χ1n) is 6.90. The van der Waals surface area contributed by atoms with Crippen molar-refractivity contribution >= 4 is 11.8 Å². The first-order valence-corrected chi connectivity index (χ1v) is 6.90. The van der Waals surface area contributed by atoms with Crippen LogP contribution < -0.4 is 5.32 Å². The molecule has 1 N–H and O–H groups in total. The highest BCUT2D eigenvalue weighted by Gasteiger charge is 2.44. The van der Waals surface area contributed by atoms with E-state index in [0.717, 1.165) is 19.3 Å². The Labute approximate surface area is 110 Å². The molecule has 1 aliphatic heterocycles. The number of amides is 2. The third kappa shape index (κ3) is 3.24. The number of hydrogen-bond acceptors (Lipinski definition) is 2. The van der Waals surface area contributed by atoms with Gasteiger partial charge in [0.25, 0.3) is 0 Å². The lowest BCUT2D eigenvalue weighted by Crippen LogP contribution is -2.66. The second-order valence-corrected chi connectivity index (χ2v) is 6.24. The third-order valence-electron chi connectivity index (χ3n) is 3.40. The largest absolute Gasteiger partial charge is 0.343 e. The summed E-state index contributed by atoms with van der Waals surface area (Å²) in [5.41, 5.74) is -0.230. The van der Waals surface area contributed by atoms with Crippen LogP contribution in [0.15, 0.2) is 0 Å². The minimum absolute atomic E-state index is 0.0221. The molecule has 0 spiro atoms. The Bertz CT molecular complexity index is 320. The molecule has 0 bridgehead atoms. The molecule has 0 aromatic heterocycles. The van der Waals surface area contributed by atoms with Gasteiger partial charge in [-0.25, -0.2) is 0 Å². The van der Waals surface area contributed by atoms with Gasteiger partial charge in [-0.05, 0) is 18.8 Å². The third-order valence-corrected chi connectivity index (χ3v) is 3.40. The quantitative estimate of drug-likeness (QED) is 0.779. The van der Waals surface area contributed by atoms with Crippen LogP contribution in [0.3, 0.4) is 0 Å². The molecule has 0 aliphatic carbocycles. The fourth-order valence-corrected chi connectivity index (χ4v) is 2.50. The molecule has 0 aromatic rings. The van der Waals surface area contributed by atoms with Crippen LogP contribution in [-0.4, -0.2) is 35.3 Å². The van der Waals surface area contributed by atoms with E-state index >= 15 is 0 Å². The van der Waals surface area contributed by atoms with Gasteiger partial charge in [0, 0.05) is 6.54 Å². The zero-order valence-electron chi connectivity index (χ0n) is 12.2. The van der Waals surface area contributed by atoms with Crippen LogP contribution in [0.4, 0.5) is 0 Å². The van der Waals surface area contributed by atoms with Gasteiger partial charge in [0.15, 0.2) is 0 Å². The predicted molar refractivity (Wildman–Crippen MR) is 72.1 cm³/mol. The fraction of sp³-hybridized carbons (Fsp3) is 0.857. The molecular weight excluding hydrogens is 228 g/mol. The summed E-state index contributed by atoms with van der Waals surface area (Å²) in [5, 5.41) is 2.78. The van der Waals surface area contributed by atoms with E-state index in [9.17, 15) is 9.59 Å². The van der Waals surface area contributed by atoms with Crippen molar-refractivity contribution in [3.8, 4) is 0 Å². The predicted octanol–water partition coefficient (Wildman–Crippen LogP) is 1.94. The number of nitrogens with zero attached hydrogens (tertiary/aromatic N) is 1. The van der Waals surface area contributed by atoms with E-state index in [2.05, 4.69) is 12.2 Å². The van der Waals surface area contributed by atoms with Gasteiger partial charge in [0.1, 0.15) is 12.1 Å². The van der Waals surface area contributed by atoms with Crippen LogP contribution >= 0.6 is 0 Å². The van der Waals surface area contributed by atoms with Crippen molar-refractivity contribution in [2.24, 2.45) is 5.41 Å². The van der Waals surface area contributed by atoms with Crippen molar-refractivity contribution in [3.05, 3.63) is 0 Å². The molecular formula is C14H26N2O2.